The molecule has 44 heavy (non-hydrogen) atoms. The highest BCUT2D eigenvalue weighted by Crippen LogP contribution is 2.13. The number of allylic oxidation sites excluding steroid dienone is 4. The number of unbranched alkanes of at least 4 members (excludes halogenated alkanes) is 22. The second kappa shape index (κ2) is 36.2. The molecule has 0 radical (unpaired) electrons. The molecule has 0 amide bonds. The predicted octanol–water partition coefficient (Wildman–Crippen LogP) is 12.8. The van der Waals surface area contributed by atoms with E-state index >= 15 is 0 Å². The maximum Gasteiger partial charge on any atom is 0.306 e. The van der Waals surface area contributed by atoms with Gasteiger partial charge in [0.25, 0.3) is 0 Å². The van der Waals surface area contributed by atoms with Crippen molar-refractivity contribution in [3.63, 3.8) is 0 Å². The Morgan fingerprint density at radius 2 is 0.909 bits per heavy atom. The standard InChI is InChI=1S/C39H71ClO4/c1-3-5-7-9-11-13-15-17-19-21-23-25-27-29-31-33-38(41)43-36-37(35-40)44-39(42)34-32-30-28-26-24-22-20-18-16-14-12-10-8-6-4-2/h17-20,37H,3-16,21-36H2,1-2H3/b19-17-,20-18-/i35D2,36D2,37D. The van der Waals surface area contributed by atoms with Gasteiger partial charge in [-0.2, -0.15) is 0 Å². The Balaban J connectivity index is 4.23. The van der Waals surface area contributed by atoms with Gasteiger partial charge in [-0.05, 0) is 64.2 Å². The molecule has 1 atom stereocenters. The van der Waals surface area contributed by atoms with E-state index in [0.29, 0.717) is 12.8 Å². The van der Waals surface area contributed by atoms with E-state index in [2.05, 4.69) is 38.2 Å². The van der Waals surface area contributed by atoms with Gasteiger partial charge in [0.15, 0.2) is 0 Å². The predicted molar refractivity (Wildman–Crippen MR) is 190 cm³/mol. The van der Waals surface area contributed by atoms with Crippen molar-refractivity contribution in [3.05, 3.63) is 24.3 Å². The van der Waals surface area contributed by atoms with Crippen LogP contribution in [0, 0.1) is 0 Å². The minimum atomic E-state index is -3.28. The molecule has 258 valence electrons. The van der Waals surface area contributed by atoms with Crippen LogP contribution in [0.3, 0.4) is 0 Å². The summed E-state index contributed by atoms with van der Waals surface area (Å²) >= 11 is 5.72. The van der Waals surface area contributed by atoms with E-state index in [-0.39, 0.29) is 12.8 Å². The van der Waals surface area contributed by atoms with Crippen LogP contribution in [0.1, 0.15) is 200 Å². The second-order valence-electron chi connectivity index (χ2n) is 12.1. The molecule has 0 aliphatic rings. The summed E-state index contributed by atoms with van der Waals surface area (Å²) < 4.78 is 50.2. The molecule has 0 aromatic carbocycles. The minimum Gasteiger partial charge on any atom is -0.462 e. The monoisotopic (exact) mass is 644 g/mol. The van der Waals surface area contributed by atoms with Crippen LogP contribution < -0.4 is 0 Å². The molecular formula is C39H71ClO4. The molecule has 0 saturated carbocycles. The Labute approximate surface area is 285 Å². The SMILES string of the molecule is [2H]C([2H])(Cl)C([2H])(OC(=O)CCCCCCC/C=C\CCCCCCCC)C([2H])([2H])OC(=O)CCCCCCC/C=C\CCCCCCCC. The molecule has 0 spiro atoms. The van der Waals surface area contributed by atoms with Gasteiger partial charge < -0.3 is 9.47 Å². The average Bonchev–Trinajstić information content (AvgIpc) is 3.03. The van der Waals surface area contributed by atoms with E-state index in [1.165, 1.54) is 77.0 Å². The van der Waals surface area contributed by atoms with Gasteiger partial charge in [0.1, 0.15) is 12.6 Å². The summed E-state index contributed by atoms with van der Waals surface area (Å²) in [7, 11) is 0. The van der Waals surface area contributed by atoms with Crippen molar-refractivity contribution in [1.82, 2.24) is 0 Å². The lowest BCUT2D eigenvalue weighted by Gasteiger charge is -2.15. The molecule has 0 heterocycles. The van der Waals surface area contributed by atoms with E-state index in [9.17, 15) is 9.59 Å². The molecule has 0 aromatic heterocycles. The molecule has 0 aliphatic carbocycles. The van der Waals surface area contributed by atoms with Crippen molar-refractivity contribution < 1.29 is 25.9 Å². The lowest BCUT2D eigenvalue weighted by Crippen LogP contribution is -2.26. The van der Waals surface area contributed by atoms with E-state index in [1.54, 1.807) is 0 Å². The Bertz CT molecular complexity index is 878. The van der Waals surface area contributed by atoms with Gasteiger partial charge in [-0.3, -0.25) is 9.59 Å². The highest BCUT2D eigenvalue weighted by atomic mass is 35.5. The molecule has 0 rings (SSSR count). The van der Waals surface area contributed by atoms with Gasteiger partial charge in [-0.15, -0.1) is 11.6 Å². The molecule has 0 bridgehead atoms. The number of hydrogen-bond acceptors (Lipinski definition) is 4. The summed E-state index contributed by atoms with van der Waals surface area (Å²) in [6.07, 6.45) is 34.2. The van der Waals surface area contributed by atoms with Crippen molar-refractivity contribution in [2.24, 2.45) is 0 Å². The third kappa shape index (κ3) is 33.6. The van der Waals surface area contributed by atoms with Gasteiger partial charge in [0.05, 0.1) is 9.94 Å². The van der Waals surface area contributed by atoms with Crippen LogP contribution in [-0.2, 0) is 19.1 Å². The Morgan fingerprint density at radius 3 is 1.30 bits per heavy atom. The maximum absolute atomic E-state index is 12.5. The number of hydrogen-bond donors (Lipinski definition) is 0. The van der Waals surface area contributed by atoms with Crippen molar-refractivity contribution in [1.29, 1.82) is 0 Å². The van der Waals surface area contributed by atoms with Gasteiger partial charge in [-0.1, -0.05) is 141 Å². The first-order valence-electron chi connectivity index (χ1n) is 20.8. The van der Waals surface area contributed by atoms with Gasteiger partial charge >= 0.3 is 11.9 Å². The number of carbonyl (C=O) groups excluding carboxylic acids is 2. The smallest absolute Gasteiger partial charge is 0.306 e. The first kappa shape index (κ1) is 34.1. The Kier molecular flexibility index (Phi) is 28.0. The third-order valence-corrected chi connectivity index (χ3v) is 8.02. The maximum atomic E-state index is 12.5. The Hall–Kier alpha value is -1.29. The van der Waals surface area contributed by atoms with Crippen LogP contribution in [0.15, 0.2) is 24.3 Å². The lowest BCUT2D eigenvalue weighted by molar-refractivity contribution is -0.157. The second-order valence-corrected chi connectivity index (χ2v) is 12.3. The number of alkyl halides is 1. The zero-order chi connectivity index (χ0) is 36.7. The highest BCUT2D eigenvalue weighted by Gasteiger charge is 2.16. The average molecular weight is 644 g/mol. The quantitative estimate of drug-likeness (QED) is 0.0303. The summed E-state index contributed by atoms with van der Waals surface area (Å²) in [5.74, 6) is -5.01. The van der Waals surface area contributed by atoms with Crippen molar-refractivity contribution in [3.8, 4) is 0 Å². The first-order chi connectivity index (χ1) is 23.4. The van der Waals surface area contributed by atoms with Crippen molar-refractivity contribution >= 4 is 23.5 Å². The fraction of sp³-hybridized carbons (Fsp3) is 0.846. The number of ether oxygens (including phenoxy) is 2. The van der Waals surface area contributed by atoms with Crippen LogP contribution in [0.2, 0.25) is 0 Å². The normalized spacial score (nSPS) is 15.4. The molecule has 0 aliphatic heterocycles. The number of rotatable bonds is 34. The third-order valence-electron chi connectivity index (χ3n) is 7.84. The zero-order valence-corrected chi connectivity index (χ0v) is 29.4. The van der Waals surface area contributed by atoms with Crippen LogP contribution in [0.5, 0.6) is 0 Å². The molecule has 0 aromatic rings. The molecule has 1 unspecified atom stereocenters. The van der Waals surface area contributed by atoms with E-state index < -0.39 is 30.4 Å². The van der Waals surface area contributed by atoms with Crippen molar-refractivity contribution in [2.45, 2.75) is 200 Å². The molecule has 0 saturated heterocycles. The summed E-state index contributed by atoms with van der Waals surface area (Å²) in [6, 6.07) is 0. The zero-order valence-electron chi connectivity index (χ0n) is 33.6. The Morgan fingerprint density at radius 1 is 0.568 bits per heavy atom. The summed E-state index contributed by atoms with van der Waals surface area (Å²) in [5.41, 5.74) is 0. The van der Waals surface area contributed by atoms with Gasteiger partial charge in [0.2, 0.25) is 0 Å². The van der Waals surface area contributed by atoms with Crippen molar-refractivity contribution in [2.75, 3.05) is 12.4 Å². The van der Waals surface area contributed by atoms with Crippen LogP contribution in [0.25, 0.3) is 0 Å². The van der Waals surface area contributed by atoms with Crippen LogP contribution >= 0.6 is 11.6 Å². The topological polar surface area (TPSA) is 52.6 Å². The van der Waals surface area contributed by atoms with E-state index in [1.807, 2.05) is 0 Å². The fourth-order valence-corrected chi connectivity index (χ4v) is 5.14. The first-order valence-corrected chi connectivity index (χ1v) is 18.7. The summed E-state index contributed by atoms with van der Waals surface area (Å²) in [5, 5.41) is 0. The lowest BCUT2D eigenvalue weighted by atomic mass is 10.1. The molecule has 0 N–H and O–H groups in total. The molecule has 5 heteroatoms. The minimum absolute atomic E-state index is 0.0815. The van der Waals surface area contributed by atoms with Gasteiger partial charge in [-0.25, -0.2) is 0 Å². The number of halogens is 1. The van der Waals surface area contributed by atoms with Crippen LogP contribution in [-0.4, -0.2) is 30.4 Å². The number of carbonyl (C=O) groups is 2. The summed E-state index contributed by atoms with van der Waals surface area (Å²) in [6.45, 7) is 1.18. The highest BCUT2D eigenvalue weighted by molar-refractivity contribution is 6.18. The molecule has 0 fully saturated rings. The van der Waals surface area contributed by atoms with Gasteiger partial charge in [0, 0.05) is 15.6 Å². The van der Waals surface area contributed by atoms with E-state index in [0.717, 1.165) is 77.0 Å². The fourth-order valence-electron chi connectivity index (χ4n) is 5.06. The largest absolute Gasteiger partial charge is 0.462 e. The van der Waals surface area contributed by atoms with E-state index in [4.69, 9.17) is 27.9 Å². The summed E-state index contributed by atoms with van der Waals surface area (Å²) in [4.78, 5) is 24.9. The molecular weight excluding hydrogens is 568 g/mol. The van der Waals surface area contributed by atoms with Crippen LogP contribution in [0.4, 0.5) is 0 Å². The number of esters is 2. The molecule has 4 nitrogen and oxygen atoms in total.